The molecule has 0 saturated heterocycles. The highest BCUT2D eigenvalue weighted by molar-refractivity contribution is 4.96. The van der Waals surface area contributed by atoms with Gasteiger partial charge in [0.2, 0.25) is 0 Å². The lowest BCUT2D eigenvalue weighted by atomic mass is 10.6. The van der Waals surface area contributed by atoms with Crippen LogP contribution in [0.4, 0.5) is 0 Å². The van der Waals surface area contributed by atoms with Gasteiger partial charge in [-0.1, -0.05) is 0 Å². The molecule has 0 radical (unpaired) electrons. The molecule has 0 aromatic heterocycles. The molecule has 0 fully saturated rings. The predicted molar refractivity (Wildman–Crippen MR) is 21.2 cm³/mol. The molecule has 32 valence electrons. The van der Waals surface area contributed by atoms with Crippen molar-refractivity contribution in [3.63, 3.8) is 0 Å². The molecule has 1 aliphatic heterocycles. The Morgan fingerprint density at radius 2 is 2.67 bits per heavy atom. The lowest BCUT2D eigenvalue weighted by Crippen LogP contribution is -2.02. The molecule has 0 aliphatic carbocycles. The maximum Gasteiger partial charge on any atom is 0.0370 e. The molecule has 0 atom stereocenters. The van der Waals surface area contributed by atoms with Crippen LogP contribution in [0.15, 0.2) is 18.4 Å². The largest absolute Gasteiger partial charge is 0.427 e. The van der Waals surface area contributed by atoms with Crippen molar-refractivity contribution in [1.82, 2.24) is 5.48 Å². The van der Waals surface area contributed by atoms with E-state index in [1.54, 1.807) is 12.2 Å². The van der Waals surface area contributed by atoms with Gasteiger partial charge in [0.1, 0.15) is 0 Å². The maximum atomic E-state index is 4.50. The van der Waals surface area contributed by atoms with E-state index >= 15 is 0 Å². The van der Waals surface area contributed by atoms with Crippen molar-refractivity contribution in [1.29, 1.82) is 0 Å². The van der Waals surface area contributed by atoms with Crippen LogP contribution in [0.25, 0.3) is 0 Å². The third-order valence-corrected chi connectivity index (χ3v) is 0.444. The maximum absolute atomic E-state index is 4.50. The van der Waals surface area contributed by atoms with E-state index < -0.39 is 0 Å². The molecule has 1 heterocycles. The van der Waals surface area contributed by atoms with Gasteiger partial charge in [0.15, 0.2) is 0 Å². The third-order valence-electron chi connectivity index (χ3n) is 0.444. The van der Waals surface area contributed by atoms with E-state index in [1.165, 1.54) is 6.26 Å². The first-order valence-corrected chi connectivity index (χ1v) is 1.65. The summed E-state index contributed by atoms with van der Waals surface area (Å²) in [5.41, 5.74) is 2.39. The second-order valence-electron chi connectivity index (χ2n) is 0.859. The Bertz CT molecular complexity index is 73.5. The molecule has 1 N–H and O–H groups in total. The smallest absolute Gasteiger partial charge is 0.0370 e. The molecule has 0 spiro atoms. The zero-order valence-corrected chi connectivity index (χ0v) is 3.14. The van der Waals surface area contributed by atoms with Gasteiger partial charge >= 0.3 is 0 Å². The summed E-state index contributed by atoms with van der Waals surface area (Å²) in [7, 11) is 0. The Hall–Kier alpha value is -0.920. The van der Waals surface area contributed by atoms with Crippen molar-refractivity contribution in [3.05, 3.63) is 24.6 Å². The number of hydroxylamine groups is 1. The number of hydrogen-bond acceptors (Lipinski definition) is 2. The minimum absolute atomic E-state index is 1.54. The second kappa shape index (κ2) is 1.50. The van der Waals surface area contributed by atoms with Crippen LogP contribution in [-0.2, 0) is 4.84 Å². The zero-order chi connectivity index (χ0) is 4.24. The molecule has 2 heteroatoms. The molecule has 0 saturated carbocycles. The van der Waals surface area contributed by atoms with Gasteiger partial charge in [-0.3, -0.25) is 0 Å². The van der Waals surface area contributed by atoms with Crippen molar-refractivity contribution in [2.45, 2.75) is 0 Å². The number of hydrogen-bond donors (Lipinski definition) is 1. The van der Waals surface area contributed by atoms with Crippen molar-refractivity contribution in [3.8, 4) is 0 Å². The molecular weight excluding hydrogens is 78.0 g/mol. The van der Waals surface area contributed by atoms with Gasteiger partial charge in [-0.15, -0.1) is 6.20 Å². The summed E-state index contributed by atoms with van der Waals surface area (Å²) < 4.78 is 0. The van der Waals surface area contributed by atoms with Crippen molar-refractivity contribution < 1.29 is 4.84 Å². The van der Waals surface area contributed by atoms with Gasteiger partial charge in [0, 0.05) is 6.26 Å². The summed E-state index contributed by atoms with van der Waals surface area (Å²) in [6.45, 7) is 0. The topological polar surface area (TPSA) is 21.3 Å². The first kappa shape index (κ1) is 3.28. The van der Waals surface area contributed by atoms with Gasteiger partial charge in [0.25, 0.3) is 0 Å². The fraction of sp³-hybridized carbons (Fsp3) is 0. The minimum Gasteiger partial charge on any atom is -0.427 e. The summed E-state index contributed by atoms with van der Waals surface area (Å²) in [6.07, 6.45) is 7.61. The van der Waals surface area contributed by atoms with Crippen molar-refractivity contribution >= 4 is 0 Å². The molecule has 1 rings (SSSR count). The Kier molecular flexibility index (Phi) is 0.819. The normalized spacial score (nSPS) is 16.0. The van der Waals surface area contributed by atoms with Crippen LogP contribution in [0.5, 0.6) is 0 Å². The highest BCUT2D eigenvalue weighted by Gasteiger charge is 1.61. The quantitative estimate of drug-likeness (QED) is 0.426. The van der Waals surface area contributed by atoms with E-state index in [0.717, 1.165) is 0 Å². The molecule has 6 heavy (non-hydrogen) atoms. The van der Waals surface area contributed by atoms with E-state index in [1.807, 2.05) is 0 Å². The molecule has 0 unspecified atom stereocenters. The first-order valence-electron chi connectivity index (χ1n) is 1.65. The van der Waals surface area contributed by atoms with Gasteiger partial charge in [-0.05, 0) is 0 Å². The summed E-state index contributed by atoms with van der Waals surface area (Å²) in [4.78, 5) is 4.50. The van der Waals surface area contributed by atoms with E-state index in [9.17, 15) is 0 Å². The Labute approximate surface area is 36.1 Å². The zero-order valence-electron chi connectivity index (χ0n) is 3.14. The predicted octanol–water partition coefficient (Wildman–Crippen LogP) is 0.352. The summed E-state index contributed by atoms with van der Waals surface area (Å²) >= 11 is 0. The fourth-order valence-electron chi connectivity index (χ4n) is 0.229. The van der Waals surface area contributed by atoms with Crippen LogP contribution >= 0.6 is 0 Å². The molecule has 0 bridgehead atoms. The molecule has 2 nitrogen and oxygen atoms in total. The summed E-state index contributed by atoms with van der Waals surface area (Å²) in [5, 5.41) is 0. The average molecular weight is 82.1 g/mol. The van der Waals surface area contributed by atoms with Crippen LogP contribution < -0.4 is 5.48 Å². The SMILES string of the molecule is [C-]1=CC=CON1. The lowest BCUT2D eigenvalue weighted by Gasteiger charge is -2.07. The number of nitrogens with one attached hydrogen (secondary N) is 1. The van der Waals surface area contributed by atoms with E-state index in [-0.39, 0.29) is 0 Å². The van der Waals surface area contributed by atoms with Crippen LogP contribution in [-0.4, -0.2) is 0 Å². The highest BCUT2D eigenvalue weighted by Crippen LogP contribution is 1.79. The first-order chi connectivity index (χ1) is 3.00. The molecule has 0 amide bonds. The van der Waals surface area contributed by atoms with Crippen LogP contribution in [0.3, 0.4) is 0 Å². The lowest BCUT2D eigenvalue weighted by molar-refractivity contribution is 0.165. The summed E-state index contributed by atoms with van der Waals surface area (Å²) in [5.74, 6) is 0. The number of rotatable bonds is 0. The molecular formula is C4H4NO-. The average Bonchev–Trinajstić information content (AvgIpc) is 1.72. The number of allylic oxidation sites excluding steroid dienone is 2. The van der Waals surface area contributed by atoms with Gasteiger partial charge in [-0.2, -0.15) is 6.08 Å². The standard InChI is InChI=1S/C4H4NO/c1-2-4-6-5-3-1/h1-2,4-5H/q-1. The second-order valence-corrected chi connectivity index (χ2v) is 0.859. The molecule has 0 aromatic rings. The Morgan fingerprint density at radius 3 is 2.83 bits per heavy atom. The van der Waals surface area contributed by atoms with Crippen molar-refractivity contribution in [2.24, 2.45) is 0 Å². The van der Waals surface area contributed by atoms with Crippen LogP contribution in [0, 0.1) is 6.20 Å². The van der Waals surface area contributed by atoms with Gasteiger partial charge in [-0.25, -0.2) is 6.08 Å². The molecule has 0 aromatic carbocycles. The van der Waals surface area contributed by atoms with E-state index in [2.05, 4.69) is 16.5 Å². The van der Waals surface area contributed by atoms with Crippen molar-refractivity contribution in [2.75, 3.05) is 0 Å². The molecule has 1 aliphatic rings. The fourth-order valence-corrected chi connectivity index (χ4v) is 0.229. The third kappa shape index (κ3) is 0.516. The van der Waals surface area contributed by atoms with Gasteiger partial charge < -0.3 is 10.3 Å². The highest BCUT2D eigenvalue weighted by atomic mass is 16.6. The van der Waals surface area contributed by atoms with Crippen LogP contribution in [0.1, 0.15) is 0 Å². The van der Waals surface area contributed by atoms with Crippen LogP contribution in [0.2, 0.25) is 0 Å². The van der Waals surface area contributed by atoms with Gasteiger partial charge in [0.05, 0.1) is 0 Å². The minimum atomic E-state index is 1.54. The monoisotopic (exact) mass is 82.0 g/mol. The Morgan fingerprint density at radius 1 is 1.67 bits per heavy atom. The van der Waals surface area contributed by atoms with E-state index in [4.69, 9.17) is 0 Å². The Balaban J connectivity index is 2.46. The van der Waals surface area contributed by atoms with E-state index in [0.29, 0.717) is 0 Å². The summed E-state index contributed by atoms with van der Waals surface area (Å²) in [6, 6.07) is 0.